The summed E-state index contributed by atoms with van der Waals surface area (Å²) in [6, 6.07) is 14.0. The lowest BCUT2D eigenvalue weighted by Crippen LogP contribution is -2.31. The number of fused-ring (bicyclic) bond motifs is 1. The lowest BCUT2D eigenvalue weighted by Gasteiger charge is -2.26. The Hall–Kier alpha value is -1.85. The third kappa shape index (κ3) is 2.94. The van der Waals surface area contributed by atoms with Gasteiger partial charge in [0.15, 0.2) is 0 Å². The van der Waals surface area contributed by atoms with Crippen molar-refractivity contribution in [3.05, 3.63) is 59.7 Å². The molecular weight excluding hydrogens is 284 g/mol. The van der Waals surface area contributed by atoms with E-state index in [2.05, 4.69) is 4.72 Å². The molecule has 0 spiro atoms. The molecule has 21 heavy (non-hydrogen) atoms. The number of anilines is 1. The number of hydrogen-bond donors (Lipinski definition) is 2. The Morgan fingerprint density at radius 3 is 2.62 bits per heavy atom. The van der Waals surface area contributed by atoms with E-state index in [0.29, 0.717) is 4.90 Å². The molecule has 2 aromatic carbocycles. The minimum Gasteiger partial charge on any atom is -0.399 e. The Morgan fingerprint density at radius 1 is 1.10 bits per heavy atom. The van der Waals surface area contributed by atoms with Crippen LogP contribution in [0.25, 0.3) is 0 Å². The normalized spacial score (nSPS) is 18.2. The lowest BCUT2D eigenvalue weighted by atomic mass is 9.88. The highest BCUT2D eigenvalue weighted by molar-refractivity contribution is 7.89. The van der Waals surface area contributed by atoms with Crippen LogP contribution in [0.3, 0.4) is 0 Å². The first-order chi connectivity index (χ1) is 10.1. The smallest absolute Gasteiger partial charge is 0.241 e. The Bertz CT molecular complexity index is 742. The fraction of sp³-hybridized carbons (Fsp3) is 0.250. The Balaban J connectivity index is 1.90. The highest BCUT2D eigenvalue weighted by Gasteiger charge is 2.25. The summed E-state index contributed by atoms with van der Waals surface area (Å²) in [7, 11) is -3.49. The molecule has 1 atom stereocenters. The van der Waals surface area contributed by atoms with Crippen LogP contribution in [0.1, 0.15) is 30.0 Å². The molecule has 3 rings (SSSR count). The average molecular weight is 302 g/mol. The van der Waals surface area contributed by atoms with Gasteiger partial charge in [-0.1, -0.05) is 24.3 Å². The molecule has 110 valence electrons. The summed E-state index contributed by atoms with van der Waals surface area (Å²) in [5.41, 5.74) is 8.71. The van der Waals surface area contributed by atoms with Gasteiger partial charge in [0, 0.05) is 11.7 Å². The molecule has 3 N–H and O–H groups in total. The van der Waals surface area contributed by atoms with Gasteiger partial charge in [0.2, 0.25) is 10.0 Å². The van der Waals surface area contributed by atoms with Gasteiger partial charge in [0.05, 0.1) is 4.90 Å². The molecule has 0 fully saturated rings. The van der Waals surface area contributed by atoms with Crippen molar-refractivity contribution < 1.29 is 8.42 Å². The van der Waals surface area contributed by atoms with E-state index in [0.717, 1.165) is 36.1 Å². The van der Waals surface area contributed by atoms with Crippen LogP contribution < -0.4 is 10.5 Å². The number of aryl methyl sites for hydroxylation is 1. The Labute approximate surface area is 125 Å². The van der Waals surface area contributed by atoms with Gasteiger partial charge >= 0.3 is 0 Å². The van der Waals surface area contributed by atoms with Crippen LogP contribution in [0.2, 0.25) is 0 Å². The molecule has 0 amide bonds. The topological polar surface area (TPSA) is 72.2 Å². The molecule has 0 saturated heterocycles. The zero-order chi connectivity index (χ0) is 14.9. The van der Waals surface area contributed by atoms with Gasteiger partial charge in [0.25, 0.3) is 0 Å². The van der Waals surface area contributed by atoms with Crippen molar-refractivity contribution in [2.45, 2.75) is 30.2 Å². The fourth-order valence-corrected chi connectivity index (χ4v) is 4.08. The summed E-state index contributed by atoms with van der Waals surface area (Å²) < 4.78 is 27.7. The molecule has 0 radical (unpaired) electrons. The summed E-state index contributed by atoms with van der Waals surface area (Å²) in [4.78, 5) is 0.299. The van der Waals surface area contributed by atoms with Crippen LogP contribution >= 0.6 is 0 Å². The summed E-state index contributed by atoms with van der Waals surface area (Å²) in [5, 5.41) is 0. The summed E-state index contributed by atoms with van der Waals surface area (Å²) in [6.45, 7) is 0. The molecule has 4 nitrogen and oxygen atoms in total. The van der Waals surface area contributed by atoms with Crippen molar-refractivity contribution in [3.63, 3.8) is 0 Å². The second kappa shape index (κ2) is 5.50. The van der Waals surface area contributed by atoms with E-state index in [1.165, 1.54) is 0 Å². The summed E-state index contributed by atoms with van der Waals surface area (Å²) in [6.07, 6.45) is 2.71. The maximum Gasteiger partial charge on any atom is 0.241 e. The van der Waals surface area contributed by atoms with Crippen LogP contribution in [0.15, 0.2) is 53.4 Å². The number of rotatable bonds is 3. The first-order valence-corrected chi connectivity index (χ1v) is 8.50. The van der Waals surface area contributed by atoms with Crippen molar-refractivity contribution >= 4 is 15.7 Å². The molecule has 2 aromatic rings. The van der Waals surface area contributed by atoms with E-state index in [1.54, 1.807) is 30.3 Å². The highest BCUT2D eigenvalue weighted by Crippen LogP contribution is 2.32. The van der Waals surface area contributed by atoms with Crippen molar-refractivity contribution in [3.8, 4) is 0 Å². The second-order valence-corrected chi connectivity index (χ2v) is 7.05. The molecule has 0 saturated carbocycles. The minimum absolute atomic E-state index is 0.181. The van der Waals surface area contributed by atoms with Crippen LogP contribution in [0.4, 0.5) is 5.69 Å². The summed E-state index contributed by atoms with van der Waals surface area (Å²) >= 11 is 0. The van der Waals surface area contributed by atoms with Crippen LogP contribution in [0, 0.1) is 0 Å². The Kier molecular flexibility index (Phi) is 3.69. The number of sulfonamides is 1. The van der Waals surface area contributed by atoms with E-state index in [9.17, 15) is 8.42 Å². The molecule has 1 aliphatic carbocycles. The predicted molar refractivity (Wildman–Crippen MR) is 83.3 cm³/mol. The van der Waals surface area contributed by atoms with E-state index in [-0.39, 0.29) is 6.04 Å². The molecule has 0 aromatic heterocycles. The first-order valence-electron chi connectivity index (χ1n) is 7.02. The number of nitrogens with one attached hydrogen (secondary N) is 1. The van der Waals surface area contributed by atoms with Crippen LogP contribution in [-0.4, -0.2) is 8.42 Å². The van der Waals surface area contributed by atoms with Crippen molar-refractivity contribution in [1.29, 1.82) is 0 Å². The van der Waals surface area contributed by atoms with Gasteiger partial charge in [-0.3, -0.25) is 0 Å². The predicted octanol–water partition coefficient (Wildman–Crippen LogP) is 2.62. The maximum absolute atomic E-state index is 12.4. The van der Waals surface area contributed by atoms with Gasteiger partial charge in [0.1, 0.15) is 0 Å². The van der Waals surface area contributed by atoms with E-state index in [4.69, 9.17) is 5.73 Å². The molecule has 0 aliphatic heterocycles. The zero-order valence-corrected chi connectivity index (χ0v) is 12.4. The van der Waals surface area contributed by atoms with Gasteiger partial charge in [-0.15, -0.1) is 0 Å². The minimum atomic E-state index is -3.49. The molecular formula is C16H18N2O2S. The summed E-state index contributed by atoms with van der Waals surface area (Å²) in [5.74, 6) is 0. The first kappa shape index (κ1) is 14.1. The van der Waals surface area contributed by atoms with Crippen LogP contribution in [0.5, 0.6) is 0 Å². The van der Waals surface area contributed by atoms with Crippen molar-refractivity contribution in [1.82, 2.24) is 4.72 Å². The highest BCUT2D eigenvalue weighted by atomic mass is 32.2. The number of nitrogens with two attached hydrogens (primary N) is 1. The Morgan fingerprint density at radius 2 is 1.86 bits per heavy atom. The molecule has 0 bridgehead atoms. The lowest BCUT2D eigenvalue weighted by molar-refractivity contribution is 0.507. The van der Waals surface area contributed by atoms with Gasteiger partial charge in [-0.25, -0.2) is 13.1 Å². The van der Waals surface area contributed by atoms with Crippen molar-refractivity contribution in [2.24, 2.45) is 0 Å². The van der Waals surface area contributed by atoms with Crippen LogP contribution in [-0.2, 0) is 16.4 Å². The monoisotopic (exact) mass is 302 g/mol. The third-order valence-electron chi connectivity index (χ3n) is 3.83. The quantitative estimate of drug-likeness (QED) is 0.856. The largest absolute Gasteiger partial charge is 0.399 e. The molecule has 5 heteroatoms. The second-order valence-electron chi connectivity index (χ2n) is 5.34. The maximum atomic E-state index is 12.4. The van der Waals surface area contributed by atoms with E-state index in [1.807, 2.05) is 18.2 Å². The SMILES string of the molecule is Nc1ccc2c(c1)CCCC2NS(=O)(=O)c1ccccc1. The van der Waals surface area contributed by atoms with E-state index < -0.39 is 10.0 Å². The molecule has 1 aliphatic rings. The van der Waals surface area contributed by atoms with E-state index >= 15 is 0 Å². The average Bonchev–Trinajstić information content (AvgIpc) is 2.48. The molecule has 1 unspecified atom stereocenters. The number of nitrogen functional groups attached to an aromatic ring is 1. The number of benzene rings is 2. The van der Waals surface area contributed by atoms with Gasteiger partial charge in [-0.2, -0.15) is 0 Å². The fourth-order valence-electron chi connectivity index (χ4n) is 2.81. The molecule has 0 heterocycles. The van der Waals surface area contributed by atoms with Crippen molar-refractivity contribution in [2.75, 3.05) is 5.73 Å². The van der Waals surface area contributed by atoms with Gasteiger partial charge < -0.3 is 5.73 Å². The standard InChI is InChI=1S/C16H18N2O2S/c17-13-9-10-15-12(11-13)5-4-8-16(15)18-21(19,20)14-6-2-1-3-7-14/h1-3,6-7,9-11,16,18H,4-5,8,17H2. The number of hydrogen-bond acceptors (Lipinski definition) is 3. The zero-order valence-electron chi connectivity index (χ0n) is 11.6. The van der Waals surface area contributed by atoms with Gasteiger partial charge in [-0.05, 0) is 54.7 Å². The third-order valence-corrected chi connectivity index (χ3v) is 5.32.